The number of benzene rings is 2. The average Bonchev–Trinajstić information content (AvgIpc) is 3.21. The fourth-order valence-electron chi connectivity index (χ4n) is 3.20. The zero-order valence-electron chi connectivity index (χ0n) is 12.4. The number of nitrogens with zero attached hydrogens (tertiary/aromatic N) is 2. The third kappa shape index (κ3) is 2.24. The molecule has 0 spiro atoms. The first-order chi connectivity index (χ1) is 10.8. The number of fused-ring (bicyclic) bond motifs is 1. The molecule has 22 heavy (non-hydrogen) atoms. The van der Waals surface area contributed by atoms with Gasteiger partial charge in [0.15, 0.2) is 0 Å². The topological polar surface area (TPSA) is 38.0 Å². The van der Waals surface area contributed by atoms with Gasteiger partial charge < -0.3 is 5.11 Å². The van der Waals surface area contributed by atoms with Crippen molar-refractivity contribution in [2.24, 2.45) is 0 Å². The van der Waals surface area contributed by atoms with Gasteiger partial charge in [0.25, 0.3) is 0 Å². The molecule has 2 aromatic carbocycles. The molecule has 0 radical (unpaired) electrons. The molecular weight excluding hydrogens is 272 g/mol. The summed E-state index contributed by atoms with van der Waals surface area (Å²) >= 11 is 0. The third-order valence-electron chi connectivity index (χ3n) is 4.35. The second-order valence-electron chi connectivity index (χ2n) is 5.78. The van der Waals surface area contributed by atoms with Crippen molar-refractivity contribution in [2.45, 2.75) is 25.9 Å². The largest absolute Gasteiger partial charge is 0.392 e. The summed E-state index contributed by atoms with van der Waals surface area (Å²) in [5, 5.41) is 14.4. The van der Waals surface area contributed by atoms with Crippen molar-refractivity contribution >= 4 is 0 Å². The number of hydrogen-bond donors (Lipinski definition) is 1. The molecular formula is C19H18N2O. The zero-order valence-corrected chi connectivity index (χ0v) is 12.4. The fraction of sp³-hybridized carbons (Fsp3) is 0.211. The summed E-state index contributed by atoms with van der Waals surface area (Å²) in [5.41, 5.74) is 6.72. The van der Waals surface area contributed by atoms with Crippen LogP contribution < -0.4 is 0 Å². The van der Waals surface area contributed by atoms with E-state index in [9.17, 15) is 5.11 Å². The summed E-state index contributed by atoms with van der Waals surface area (Å²) in [6, 6.07) is 16.6. The quantitative estimate of drug-likeness (QED) is 0.801. The van der Waals surface area contributed by atoms with E-state index in [-0.39, 0.29) is 6.61 Å². The highest BCUT2D eigenvalue weighted by Gasteiger charge is 2.15. The van der Waals surface area contributed by atoms with Gasteiger partial charge in [0, 0.05) is 17.3 Å². The van der Waals surface area contributed by atoms with Gasteiger partial charge in [-0.3, -0.25) is 0 Å². The molecule has 0 aliphatic heterocycles. The van der Waals surface area contributed by atoms with Crippen LogP contribution in [0.5, 0.6) is 0 Å². The monoisotopic (exact) mass is 290 g/mol. The van der Waals surface area contributed by atoms with Crippen molar-refractivity contribution in [1.82, 2.24) is 9.78 Å². The minimum absolute atomic E-state index is 0.000742. The number of aryl methyl sites for hydroxylation is 2. The van der Waals surface area contributed by atoms with Gasteiger partial charge in [-0.05, 0) is 48.6 Å². The van der Waals surface area contributed by atoms with E-state index in [1.807, 2.05) is 41.2 Å². The molecule has 3 nitrogen and oxygen atoms in total. The summed E-state index contributed by atoms with van der Waals surface area (Å²) in [7, 11) is 0. The maximum absolute atomic E-state index is 9.68. The van der Waals surface area contributed by atoms with Crippen LogP contribution in [0.2, 0.25) is 0 Å². The second kappa shape index (κ2) is 5.43. The van der Waals surface area contributed by atoms with Crippen molar-refractivity contribution in [3.05, 3.63) is 71.4 Å². The van der Waals surface area contributed by atoms with Crippen LogP contribution in [-0.2, 0) is 19.4 Å². The SMILES string of the molecule is OCc1cn(-c2ccccc2)nc1-c1ccc2c(c1)CCC2. The minimum atomic E-state index is -0.000742. The number of rotatable bonds is 3. The van der Waals surface area contributed by atoms with Gasteiger partial charge in [-0.1, -0.05) is 30.3 Å². The number of aliphatic hydroxyl groups excluding tert-OH is 1. The van der Waals surface area contributed by atoms with Gasteiger partial charge in [-0.2, -0.15) is 5.10 Å². The van der Waals surface area contributed by atoms with Gasteiger partial charge in [0.2, 0.25) is 0 Å². The Morgan fingerprint density at radius 2 is 1.82 bits per heavy atom. The first-order valence-electron chi connectivity index (χ1n) is 7.72. The van der Waals surface area contributed by atoms with Crippen LogP contribution in [0.1, 0.15) is 23.1 Å². The average molecular weight is 290 g/mol. The third-order valence-corrected chi connectivity index (χ3v) is 4.35. The number of hydrogen-bond acceptors (Lipinski definition) is 2. The normalized spacial score (nSPS) is 13.3. The molecule has 0 bridgehead atoms. The van der Waals surface area contributed by atoms with E-state index in [2.05, 4.69) is 18.2 Å². The Balaban J connectivity index is 1.80. The molecule has 1 N–H and O–H groups in total. The van der Waals surface area contributed by atoms with E-state index in [0.717, 1.165) is 28.9 Å². The van der Waals surface area contributed by atoms with Gasteiger partial charge in [-0.25, -0.2) is 4.68 Å². The van der Waals surface area contributed by atoms with Crippen molar-refractivity contribution in [3.63, 3.8) is 0 Å². The summed E-state index contributed by atoms with van der Waals surface area (Å²) in [6.07, 6.45) is 5.49. The van der Waals surface area contributed by atoms with Gasteiger partial charge >= 0.3 is 0 Å². The summed E-state index contributed by atoms with van der Waals surface area (Å²) in [6.45, 7) is -0.000742. The van der Waals surface area contributed by atoms with Crippen LogP contribution in [0, 0.1) is 0 Å². The van der Waals surface area contributed by atoms with Crippen molar-refractivity contribution in [3.8, 4) is 16.9 Å². The molecule has 1 aliphatic rings. The Hall–Kier alpha value is -2.39. The van der Waals surface area contributed by atoms with Crippen LogP contribution in [-0.4, -0.2) is 14.9 Å². The predicted molar refractivity (Wildman–Crippen MR) is 86.9 cm³/mol. The first kappa shape index (κ1) is 13.3. The molecule has 0 saturated heterocycles. The lowest BCUT2D eigenvalue weighted by Gasteiger charge is -2.04. The van der Waals surface area contributed by atoms with Crippen LogP contribution in [0.3, 0.4) is 0 Å². The molecule has 0 unspecified atom stereocenters. The molecule has 3 aromatic rings. The molecule has 0 atom stereocenters. The summed E-state index contributed by atoms with van der Waals surface area (Å²) in [5.74, 6) is 0. The van der Waals surface area contributed by atoms with Gasteiger partial charge in [-0.15, -0.1) is 0 Å². The molecule has 1 aromatic heterocycles. The van der Waals surface area contributed by atoms with Crippen molar-refractivity contribution in [2.75, 3.05) is 0 Å². The zero-order chi connectivity index (χ0) is 14.9. The van der Waals surface area contributed by atoms with E-state index in [1.165, 1.54) is 24.0 Å². The van der Waals surface area contributed by atoms with E-state index in [0.29, 0.717) is 0 Å². The van der Waals surface area contributed by atoms with Crippen LogP contribution >= 0.6 is 0 Å². The van der Waals surface area contributed by atoms with Crippen molar-refractivity contribution in [1.29, 1.82) is 0 Å². The lowest BCUT2D eigenvalue weighted by molar-refractivity contribution is 0.282. The summed E-state index contributed by atoms with van der Waals surface area (Å²) < 4.78 is 1.84. The standard InChI is InChI=1S/C19H18N2O/c22-13-17-12-21(18-7-2-1-3-8-18)20-19(17)16-10-9-14-5-4-6-15(14)11-16/h1-3,7-12,22H,4-6,13H2. The summed E-state index contributed by atoms with van der Waals surface area (Å²) in [4.78, 5) is 0. The molecule has 4 rings (SSSR count). The lowest BCUT2D eigenvalue weighted by atomic mass is 10.0. The van der Waals surface area contributed by atoms with Crippen molar-refractivity contribution < 1.29 is 5.11 Å². The fourth-order valence-corrected chi connectivity index (χ4v) is 3.20. The lowest BCUT2D eigenvalue weighted by Crippen LogP contribution is -1.94. The van der Waals surface area contributed by atoms with Crippen LogP contribution in [0.25, 0.3) is 16.9 Å². The van der Waals surface area contributed by atoms with Crippen LogP contribution in [0.15, 0.2) is 54.7 Å². The molecule has 1 aliphatic carbocycles. The maximum Gasteiger partial charge on any atom is 0.0982 e. The Kier molecular flexibility index (Phi) is 3.28. The highest BCUT2D eigenvalue weighted by molar-refractivity contribution is 5.65. The molecule has 0 amide bonds. The van der Waals surface area contributed by atoms with E-state index in [4.69, 9.17) is 5.10 Å². The Bertz CT molecular complexity index is 806. The highest BCUT2D eigenvalue weighted by atomic mass is 16.3. The smallest absolute Gasteiger partial charge is 0.0982 e. The molecule has 3 heteroatoms. The van der Waals surface area contributed by atoms with E-state index < -0.39 is 0 Å². The first-order valence-corrected chi connectivity index (χ1v) is 7.72. The maximum atomic E-state index is 9.68. The van der Waals surface area contributed by atoms with Gasteiger partial charge in [0.05, 0.1) is 18.0 Å². The van der Waals surface area contributed by atoms with Crippen LogP contribution in [0.4, 0.5) is 0 Å². The predicted octanol–water partition coefficient (Wildman–Crippen LogP) is 3.52. The Morgan fingerprint density at radius 3 is 2.64 bits per heavy atom. The Labute approximate surface area is 129 Å². The second-order valence-corrected chi connectivity index (χ2v) is 5.78. The van der Waals surface area contributed by atoms with Gasteiger partial charge in [0.1, 0.15) is 0 Å². The molecule has 1 heterocycles. The van der Waals surface area contributed by atoms with E-state index >= 15 is 0 Å². The molecule has 0 fully saturated rings. The number of aromatic nitrogens is 2. The highest BCUT2D eigenvalue weighted by Crippen LogP contribution is 2.29. The number of para-hydroxylation sites is 1. The minimum Gasteiger partial charge on any atom is -0.392 e. The van der Waals surface area contributed by atoms with E-state index in [1.54, 1.807) is 0 Å². The molecule has 0 saturated carbocycles. The number of aliphatic hydroxyl groups is 1. The Morgan fingerprint density at radius 1 is 1.00 bits per heavy atom. The molecule has 110 valence electrons.